The van der Waals surface area contributed by atoms with Crippen LogP contribution in [0.3, 0.4) is 0 Å². The molecule has 19 heavy (non-hydrogen) atoms. The molecule has 0 atom stereocenters. The summed E-state index contributed by atoms with van der Waals surface area (Å²) in [6.07, 6.45) is 6.86. The number of nitrogens with one attached hydrogen (secondary N) is 1. The van der Waals surface area contributed by atoms with Crippen molar-refractivity contribution in [1.29, 1.82) is 0 Å². The normalized spacial score (nSPS) is 15.8. The van der Waals surface area contributed by atoms with Crippen LogP contribution in [0.25, 0.3) is 0 Å². The fourth-order valence-corrected chi connectivity index (χ4v) is 3.10. The highest BCUT2D eigenvalue weighted by Gasteiger charge is 2.16. The van der Waals surface area contributed by atoms with Crippen LogP contribution < -0.4 is 5.32 Å². The monoisotopic (exact) mass is 282 g/mol. The molecular formula is C14H22N2O2S. The molecule has 0 spiro atoms. The number of rotatable bonds is 7. The lowest BCUT2D eigenvalue weighted by Gasteiger charge is -2.10. The minimum atomic E-state index is 0.00205. The van der Waals surface area contributed by atoms with E-state index in [-0.39, 0.29) is 12.5 Å². The Morgan fingerprint density at radius 3 is 3.00 bits per heavy atom. The van der Waals surface area contributed by atoms with E-state index < -0.39 is 0 Å². The molecule has 0 aliphatic heterocycles. The topological polar surface area (TPSA) is 51.2 Å². The molecule has 0 radical (unpaired) electrons. The van der Waals surface area contributed by atoms with Gasteiger partial charge in [-0.15, -0.1) is 11.3 Å². The molecule has 106 valence electrons. The second-order valence-electron chi connectivity index (χ2n) is 5.05. The molecule has 1 fully saturated rings. The Morgan fingerprint density at radius 1 is 1.53 bits per heavy atom. The molecule has 1 aliphatic rings. The smallest absolute Gasteiger partial charge is 0.246 e. The number of amides is 1. The van der Waals surface area contributed by atoms with Crippen molar-refractivity contribution in [1.82, 2.24) is 10.3 Å². The maximum absolute atomic E-state index is 11.6. The lowest BCUT2D eigenvalue weighted by Crippen LogP contribution is -2.30. The van der Waals surface area contributed by atoms with Gasteiger partial charge < -0.3 is 10.1 Å². The maximum atomic E-state index is 11.6. The summed E-state index contributed by atoms with van der Waals surface area (Å²) in [5.41, 5.74) is 1.08. The molecule has 4 nitrogen and oxygen atoms in total. The van der Waals surface area contributed by atoms with Gasteiger partial charge in [0.05, 0.1) is 11.1 Å². The highest BCUT2D eigenvalue weighted by Crippen LogP contribution is 2.20. The summed E-state index contributed by atoms with van der Waals surface area (Å²) in [4.78, 5) is 16.0. The quantitative estimate of drug-likeness (QED) is 0.782. The fraction of sp³-hybridized carbons (Fsp3) is 0.714. The van der Waals surface area contributed by atoms with E-state index >= 15 is 0 Å². The summed E-state index contributed by atoms with van der Waals surface area (Å²) in [6.45, 7) is 2.91. The van der Waals surface area contributed by atoms with Gasteiger partial charge in [0.2, 0.25) is 5.91 Å². The third kappa shape index (κ3) is 5.28. The Morgan fingerprint density at radius 2 is 2.32 bits per heavy atom. The standard InChI is InChI=1S/C14H22N2O2S/c1-11-10-19-14(16-11)7-4-8-15-13(17)9-18-12-5-2-3-6-12/h10,12H,2-9H2,1H3,(H,15,17). The average molecular weight is 282 g/mol. The van der Waals surface area contributed by atoms with Crippen molar-refractivity contribution in [2.45, 2.75) is 51.6 Å². The zero-order valence-corrected chi connectivity index (χ0v) is 12.3. The van der Waals surface area contributed by atoms with Gasteiger partial charge in [0, 0.05) is 24.0 Å². The highest BCUT2D eigenvalue weighted by molar-refractivity contribution is 7.09. The van der Waals surface area contributed by atoms with Crippen LogP contribution in [0.15, 0.2) is 5.38 Å². The van der Waals surface area contributed by atoms with Gasteiger partial charge in [-0.3, -0.25) is 4.79 Å². The summed E-state index contributed by atoms with van der Waals surface area (Å²) in [6, 6.07) is 0. The molecular weight excluding hydrogens is 260 g/mol. The zero-order chi connectivity index (χ0) is 13.5. The van der Waals surface area contributed by atoms with Crippen LogP contribution >= 0.6 is 11.3 Å². The molecule has 0 saturated heterocycles. The summed E-state index contributed by atoms with van der Waals surface area (Å²) in [7, 11) is 0. The van der Waals surface area contributed by atoms with Crippen LogP contribution in [0.1, 0.15) is 42.8 Å². The first-order chi connectivity index (χ1) is 9.24. The van der Waals surface area contributed by atoms with Crippen molar-refractivity contribution >= 4 is 17.2 Å². The molecule has 1 N–H and O–H groups in total. The zero-order valence-electron chi connectivity index (χ0n) is 11.5. The minimum absolute atomic E-state index is 0.00205. The Labute approximate surface area is 118 Å². The second kappa shape index (κ2) is 7.60. The molecule has 1 heterocycles. The number of aryl methyl sites for hydroxylation is 2. The minimum Gasteiger partial charge on any atom is -0.368 e. The number of hydrogen-bond donors (Lipinski definition) is 1. The predicted octanol–water partition coefficient (Wildman–Crippen LogP) is 2.46. The number of carbonyl (C=O) groups is 1. The first-order valence-corrected chi connectivity index (χ1v) is 7.91. The van der Waals surface area contributed by atoms with Crippen molar-refractivity contribution in [2.75, 3.05) is 13.2 Å². The molecule has 0 aromatic carbocycles. The van der Waals surface area contributed by atoms with Crippen molar-refractivity contribution in [3.8, 4) is 0 Å². The third-order valence-electron chi connectivity index (χ3n) is 3.31. The predicted molar refractivity (Wildman–Crippen MR) is 76.4 cm³/mol. The summed E-state index contributed by atoms with van der Waals surface area (Å²) >= 11 is 1.69. The van der Waals surface area contributed by atoms with E-state index in [9.17, 15) is 4.79 Å². The van der Waals surface area contributed by atoms with E-state index in [1.807, 2.05) is 6.92 Å². The Hall–Kier alpha value is -0.940. The van der Waals surface area contributed by atoms with Crippen molar-refractivity contribution in [3.05, 3.63) is 16.1 Å². The molecule has 0 bridgehead atoms. The van der Waals surface area contributed by atoms with Gasteiger partial charge in [-0.2, -0.15) is 0 Å². The molecule has 1 saturated carbocycles. The number of nitrogens with zero attached hydrogens (tertiary/aromatic N) is 1. The number of carbonyl (C=O) groups excluding carboxylic acids is 1. The number of hydrogen-bond acceptors (Lipinski definition) is 4. The van der Waals surface area contributed by atoms with Crippen molar-refractivity contribution < 1.29 is 9.53 Å². The first-order valence-electron chi connectivity index (χ1n) is 7.03. The highest BCUT2D eigenvalue weighted by atomic mass is 32.1. The summed E-state index contributed by atoms with van der Waals surface area (Å²) in [5, 5.41) is 6.10. The van der Waals surface area contributed by atoms with Crippen molar-refractivity contribution in [2.24, 2.45) is 0 Å². The van der Waals surface area contributed by atoms with Crippen LogP contribution in [0, 0.1) is 6.92 Å². The lowest BCUT2D eigenvalue weighted by atomic mass is 10.3. The van der Waals surface area contributed by atoms with Gasteiger partial charge in [0.1, 0.15) is 6.61 Å². The van der Waals surface area contributed by atoms with Crippen LogP contribution in [-0.2, 0) is 16.0 Å². The number of ether oxygens (including phenoxy) is 1. The summed E-state index contributed by atoms with van der Waals surface area (Å²) in [5.74, 6) is 0.00205. The van der Waals surface area contributed by atoms with Crippen molar-refractivity contribution in [3.63, 3.8) is 0 Å². The van der Waals surface area contributed by atoms with Gasteiger partial charge in [0.25, 0.3) is 0 Å². The fourth-order valence-electron chi connectivity index (χ4n) is 2.28. The molecule has 0 unspecified atom stereocenters. The largest absolute Gasteiger partial charge is 0.368 e. The lowest BCUT2D eigenvalue weighted by molar-refractivity contribution is -0.127. The molecule has 5 heteroatoms. The molecule has 2 rings (SSSR count). The third-order valence-corrected chi connectivity index (χ3v) is 4.33. The van der Waals surface area contributed by atoms with Crippen LogP contribution in [-0.4, -0.2) is 30.1 Å². The van der Waals surface area contributed by atoms with Gasteiger partial charge in [0.15, 0.2) is 0 Å². The van der Waals surface area contributed by atoms with E-state index in [1.165, 1.54) is 12.8 Å². The van der Waals surface area contributed by atoms with E-state index in [2.05, 4.69) is 15.7 Å². The van der Waals surface area contributed by atoms with E-state index in [1.54, 1.807) is 11.3 Å². The number of aromatic nitrogens is 1. The molecule has 1 aromatic rings. The summed E-state index contributed by atoms with van der Waals surface area (Å²) < 4.78 is 5.56. The van der Waals surface area contributed by atoms with Gasteiger partial charge in [-0.1, -0.05) is 12.8 Å². The molecule has 1 aliphatic carbocycles. The Bertz CT molecular complexity index is 400. The van der Waals surface area contributed by atoms with Crippen LogP contribution in [0.2, 0.25) is 0 Å². The molecule has 1 aromatic heterocycles. The average Bonchev–Trinajstić information content (AvgIpc) is 3.04. The Kier molecular flexibility index (Phi) is 5.79. The van der Waals surface area contributed by atoms with E-state index in [4.69, 9.17) is 4.74 Å². The van der Waals surface area contributed by atoms with E-state index in [0.717, 1.165) is 36.4 Å². The van der Waals surface area contributed by atoms with Gasteiger partial charge in [-0.05, 0) is 26.2 Å². The van der Waals surface area contributed by atoms with Gasteiger partial charge >= 0.3 is 0 Å². The molecule has 1 amide bonds. The van der Waals surface area contributed by atoms with Gasteiger partial charge in [-0.25, -0.2) is 4.98 Å². The second-order valence-corrected chi connectivity index (χ2v) is 6.00. The maximum Gasteiger partial charge on any atom is 0.246 e. The van der Waals surface area contributed by atoms with Crippen LogP contribution in [0.4, 0.5) is 0 Å². The van der Waals surface area contributed by atoms with Crippen LogP contribution in [0.5, 0.6) is 0 Å². The Balaban J connectivity index is 1.51. The number of thiazole rings is 1. The first kappa shape index (κ1) is 14.5. The van der Waals surface area contributed by atoms with E-state index in [0.29, 0.717) is 12.6 Å². The SMILES string of the molecule is Cc1csc(CCCNC(=O)COC2CCCC2)n1.